The lowest BCUT2D eigenvalue weighted by molar-refractivity contribution is 0.0476. The highest BCUT2D eigenvalue weighted by Gasteiger charge is 2.24. The Morgan fingerprint density at radius 3 is 2.20 bits per heavy atom. The number of hydrogen-bond acceptors (Lipinski definition) is 5. The molecule has 0 unspecified atom stereocenters. The Morgan fingerprint density at radius 1 is 1.10 bits per heavy atom. The molecule has 10 heteroatoms. The molecule has 0 heterocycles. The molecule has 1 amide bonds. The standard InChI is InChI=1S/C20H35N5O4S/c1-7-22-17(24-14-20(5,6)25-18(26)29-19(2,3)4)23-13-12-15-8-10-16(11-9-15)30(21,27)28/h8-11H,7,12-14H2,1-6H3,(H,25,26)(H2,21,27,28)(H2,22,23,24). The number of nitrogens with one attached hydrogen (secondary N) is 3. The van der Waals surface area contributed by atoms with Crippen molar-refractivity contribution in [3.05, 3.63) is 29.8 Å². The van der Waals surface area contributed by atoms with E-state index in [1.165, 1.54) is 12.1 Å². The molecule has 0 spiro atoms. The Morgan fingerprint density at radius 2 is 1.70 bits per heavy atom. The van der Waals surface area contributed by atoms with Crippen LogP contribution in [0.5, 0.6) is 0 Å². The summed E-state index contributed by atoms with van der Waals surface area (Å²) in [5.41, 5.74) is -0.182. The highest BCUT2D eigenvalue weighted by atomic mass is 32.2. The minimum absolute atomic E-state index is 0.0915. The Hall–Kier alpha value is -2.33. The second-order valence-electron chi connectivity index (χ2n) is 8.57. The van der Waals surface area contributed by atoms with E-state index in [-0.39, 0.29) is 4.90 Å². The van der Waals surface area contributed by atoms with Crippen molar-refractivity contribution < 1.29 is 17.9 Å². The predicted molar refractivity (Wildman–Crippen MR) is 119 cm³/mol. The summed E-state index contributed by atoms with van der Waals surface area (Å²) in [6.45, 7) is 12.8. The molecular weight excluding hydrogens is 406 g/mol. The van der Waals surface area contributed by atoms with Gasteiger partial charge in [0.05, 0.1) is 17.0 Å². The van der Waals surface area contributed by atoms with Gasteiger partial charge in [-0.15, -0.1) is 0 Å². The summed E-state index contributed by atoms with van der Waals surface area (Å²) in [5, 5.41) is 14.3. The Bertz CT molecular complexity index is 828. The van der Waals surface area contributed by atoms with Crippen LogP contribution in [0, 0.1) is 0 Å². The van der Waals surface area contributed by atoms with Crippen molar-refractivity contribution in [3.63, 3.8) is 0 Å². The lowest BCUT2D eigenvalue weighted by Crippen LogP contribution is -2.49. The number of nitrogens with zero attached hydrogens (tertiary/aromatic N) is 1. The molecular formula is C20H35N5O4S. The second-order valence-corrected chi connectivity index (χ2v) is 10.1. The van der Waals surface area contributed by atoms with Gasteiger partial charge in [-0.1, -0.05) is 12.1 Å². The summed E-state index contributed by atoms with van der Waals surface area (Å²) in [6, 6.07) is 6.46. The predicted octanol–water partition coefficient (Wildman–Crippen LogP) is 1.73. The quantitative estimate of drug-likeness (QED) is 0.358. The van der Waals surface area contributed by atoms with Crippen LogP contribution in [0.3, 0.4) is 0 Å². The second kappa shape index (κ2) is 10.6. The molecule has 0 radical (unpaired) electrons. The maximum atomic E-state index is 12.0. The van der Waals surface area contributed by atoms with Crippen LogP contribution < -0.4 is 21.1 Å². The summed E-state index contributed by atoms with van der Waals surface area (Å²) < 4.78 is 27.9. The smallest absolute Gasteiger partial charge is 0.408 e. The number of sulfonamides is 1. The molecule has 1 rings (SSSR count). The molecule has 0 atom stereocenters. The van der Waals surface area contributed by atoms with Crippen LogP contribution in [-0.2, 0) is 21.2 Å². The zero-order valence-corrected chi connectivity index (χ0v) is 19.5. The molecule has 0 aliphatic rings. The summed E-state index contributed by atoms with van der Waals surface area (Å²) in [7, 11) is -3.68. The first kappa shape index (κ1) is 25.7. The molecule has 1 aromatic rings. The summed E-state index contributed by atoms with van der Waals surface area (Å²) >= 11 is 0. The van der Waals surface area contributed by atoms with Crippen molar-refractivity contribution in [1.82, 2.24) is 16.0 Å². The fourth-order valence-corrected chi connectivity index (χ4v) is 2.92. The normalized spacial score (nSPS) is 13.0. The van der Waals surface area contributed by atoms with E-state index < -0.39 is 27.3 Å². The van der Waals surface area contributed by atoms with Crippen molar-refractivity contribution >= 4 is 22.1 Å². The average Bonchev–Trinajstić information content (AvgIpc) is 2.57. The van der Waals surface area contributed by atoms with Gasteiger partial charge in [0.2, 0.25) is 10.0 Å². The van der Waals surface area contributed by atoms with Crippen LogP contribution in [0.4, 0.5) is 4.79 Å². The van der Waals surface area contributed by atoms with Crippen LogP contribution in [-0.4, -0.2) is 51.2 Å². The van der Waals surface area contributed by atoms with Crippen LogP contribution in [0.15, 0.2) is 34.2 Å². The van der Waals surface area contributed by atoms with Gasteiger partial charge in [-0.2, -0.15) is 0 Å². The van der Waals surface area contributed by atoms with E-state index in [2.05, 4.69) is 20.9 Å². The highest BCUT2D eigenvalue weighted by molar-refractivity contribution is 7.89. The molecule has 0 aromatic heterocycles. The van der Waals surface area contributed by atoms with E-state index in [1.54, 1.807) is 12.1 Å². The zero-order chi connectivity index (χ0) is 23.0. The molecule has 0 bridgehead atoms. The third-order valence-electron chi connectivity index (χ3n) is 3.77. The Balaban J connectivity index is 2.62. The van der Waals surface area contributed by atoms with Gasteiger partial charge in [-0.3, -0.25) is 4.99 Å². The number of primary sulfonamides is 1. The number of benzene rings is 1. The van der Waals surface area contributed by atoms with E-state index in [0.29, 0.717) is 32.0 Å². The number of alkyl carbamates (subject to hydrolysis) is 1. The van der Waals surface area contributed by atoms with Crippen LogP contribution in [0.25, 0.3) is 0 Å². The fourth-order valence-electron chi connectivity index (χ4n) is 2.41. The van der Waals surface area contributed by atoms with Crippen LogP contribution in [0.1, 0.15) is 47.1 Å². The van der Waals surface area contributed by atoms with Gasteiger partial charge < -0.3 is 20.7 Å². The lowest BCUT2D eigenvalue weighted by atomic mass is 10.1. The highest BCUT2D eigenvalue weighted by Crippen LogP contribution is 2.10. The molecule has 0 saturated heterocycles. The van der Waals surface area contributed by atoms with E-state index in [0.717, 1.165) is 5.56 Å². The van der Waals surface area contributed by atoms with E-state index in [9.17, 15) is 13.2 Å². The minimum atomic E-state index is -3.68. The fraction of sp³-hybridized carbons (Fsp3) is 0.600. The maximum absolute atomic E-state index is 12.0. The Labute approximate surface area is 179 Å². The minimum Gasteiger partial charge on any atom is -0.444 e. The molecule has 170 valence electrons. The number of amides is 1. The number of carbonyl (C=O) groups excluding carboxylic acids is 1. The van der Waals surface area contributed by atoms with Gasteiger partial charge in [0.25, 0.3) is 0 Å². The van der Waals surface area contributed by atoms with Gasteiger partial charge >= 0.3 is 6.09 Å². The van der Waals surface area contributed by atoms with Gasteiger partial charge in [0.1, 0.15) is 5.60 Å². The third kappa shape index (κ3) is 10.4. The van der Waals surface area contributed by atoms with Crippen molar-refractivity contribution in [2.24, 2.45) is 10.1 Å². The zero-order valence-electron chi connectivity index (χ0n) is 18.7. The third-order valence-corrected chi connectivity index (χ3v) is 4.70. The van der Waals surface area contributed by atoms with Crippen molar-refractivity contribution in [3.8, 4) is 0 Å². The number of guanidine groups is 1. The largest absolute Gasteiger partial charge is 0.444 e. The van der Waals surface area contributed by atoms with E-state index in [4.69, 9.17) is 9.88 Å². The molecule has 0 saturated carbocycles. The molecule has 5 N–H and O–H groups in total. The topological polar surface area (TPSA) is 135 Å². The summed E-state index contributed by atoms with van der Waals surface area (Å²) in [5.74, 6) is 0.623. The molecule has 0 fully saturated rings. The summed E-state index contributed by atoms with van der Waals surface area (Å²) in [4.78, 5) is 16.6. The maximum Gasteiger partial charge on any atom is 0.408 e. The number of ether oxygens (including phenoxy) is 1. The first-order valence-electron chi connectivity index (χ1n) is 9.87. The van der Waals surface area contributed by atoms with Gasteiger partial charge in [0, 0.05) is 13.1 Å². The number of nitrogens with two attached hydrogens (primary N) is 1. The van der Waals surface area contributed by atoms with Gasteiger partial charge in [-0.05, 0) is 65.7 Å². The van der Waals surface area contributed by atoms with Gasteiger partial charge in [0.15, 0.2) is 5.96 Å². The monoisotopic (exact) mass is 441 g/mol. The van der Waals surface area contributed by atoms with Crippen LogP contribution >= 0.6 is 0 Å². The van der Waals surface area contributed by atoms with Crippen LogP contribution in [0.2, 0.25) is 0 Å². The summed E-state index contributed by atoms with van der Waals surface area (Å²) in [6.07, 6.45) is 0.193. The average molecular weight is 442 g/mol. The van der Waals surface area contributed by atoms with Crippen molar-refractivity contribution in [1.29, 1.82) is 0 Å². The number of aliphatic imine (C=N–C) groups is 1. The molecule has 1 aromatic carbocycles. The lowest BCUT2D eigenvalue weighted by Gasteiger charge is -2.27. The number of rotatable bonds is 8. The SMILES string of the molecule is CCNC(=NCC(C)(C)NC(=O)OC(C)(C)C)NCCc1ccc(S(N)(=O)=O)cc1. The number of carbonyl (C=O) groups is 1. The first-order chi connectivity index (χ1) is 13.7. The number of hydrogen-bond donors (Lipinski definition) is 4. The van der Waals surface area contributed by atoms with Crippen molar-refractivity contribution in [2.75, 3.05) is 19.6 Å². The molecule has 30 heavy (non-hydrogen) atoms. The Kier molecular flexibility index (Phi) is 9.10. The molecule has 0 aliphatic heterocycles. The van der Waals surface area contributed by atoms with E-state index >= 15 is 0 Å². The van der Waals surface area contributed by atoms with E-state index in [1.807, 2.05) is 41.5 Å². The molecule has 9 nitrogen and oxygen atoms in total. The first-order valence-corrected chi connectivity index (χ1v) is 11.4. The molecule has 0 aliphatic carbocycles. The van der Waals surface area contributed by atoms with Crippen molar-refractivity contribution in [2.45, 2.75) is 64.0 Å². The van der Waals surface area contributed by atoms with Gasteiger partial charge in [-0.25, -0.2) is 18.4 Å².